The third-order valence-electron chi connectivity index (χ3n) is 4.52. The van der Waals surface area contributed by atoms with Crippen LogP contribution < -0.4 is 15.0 Å². The van der Waals surface area contributed by atoms with Gasteiger partial charge in [0.2, 0.25) is 5.91 Å². The van der Waals surface area contributed by atoms with Gasteiger partial charge in [-0.15, -0.1) is 0 Å². The van der Waals surface area contributed by atoms with Gasteiger partial charge in [0.25, 0.3) is 0 Å². The molecule has 1 fully saturated rings. The van der Waals surface area contributed by atoms with Gasteiger partial charge in [0, 0.05) is 19.2 Å². The van der Waals surface area contributed by atoms with Crippen molar-refractivity contribution < 1.29 is 19.1 Å². The summed E-state index contributed by atoms with van der Waals surface area (Å²) < 4.78 is 13.2. The Hall–Kier alpha value is -3.03. The molecule has 136 valence electrons. The molecule has 0 saturated carbocycles. The first-order valence-corrected chi connectivity index (χ1v) is 8.62. The van der Waals surface area contributed by atoms with Gasteiger partial charge in [-0.2, -0.15) is 0 Å². The van der Waals surface area contributed by atoms with Gasteiger partial charge in [-0.1, -0.05) is 6.92 Å². The lowest BCUT2D eigenvalue weighted by Crippen LogP contribution is -2.33. The second kappa shape index (κ2) is 6.36. The number of carbonyl (C=O) groups is 2. The van der Waals surface area contributed by atoms with Gasteiger partial charge in [-0.25, -0.2) is 9.78 Å². The molecular formula is C18H20N4O4. The second-order valence-corrected chi connectivity index (χ2v) is 6.37. The Balaban J connectivity index is 1.56. The minimum Gasteiger partial charge on any atom is -0.483 e. The number of amides is 2. The van der Waals surface area contributed by atoms with Gasteiger partial charge >= 0.3 is 6.09 Å². The van der Waals surface area contributed by atoms with E-state index < -0.39 is 6.09 Å². The molecule has 0 radical (unpaired) electrons. The molecule has 1 aromatic carbocycles. The van der Waals surface area contributed by atoms with Gasteiger partial charge < -0.3 is 14.8 Å². The highest BCUT2D eigenvalue weighted by molar-refractivity contribution is 5.90. The summed E-state index contributed by atoms with van der Waals surface area (Å²) in [5, 5.41) is 2.67. The molecule has 4 rings (SSSR count). The van der Waals surface area contributed by atoms with Crippen molar-refractivity contribution in [2.45, 2.75) is 33.0 Å². The highest BCUT2D eigenvalue weighted by Crippen LogP contribution is 2.34. The zero-order valence-electron chi connectivity index (χ0n) is 14.7. The molecule has 1 saturated heterocycles. The molecule has 1 atom stereocenters. The van der Waals surface area contributed by atoms with Crippen molar-refractivity contribution in [1.82, 2.24) is 14.9 Å². The molecule has 3 heterocycles. The fraction of sp³-hybridized carbons (Fsp3) is 0.389. The lowest BCUT2D eigenvalue weighted by Gasteiger charge is -2.22. The predicted octanol–water partition coefficient (Wildman–Crippen LogP) is 1.79. The van der Waals surface area contributed by atoms with Crippen molar-refractivity contribution in [1.29, 1.82) is 0 Å². The molecule has 2 amide bonds. The van der Waals surface area contributed by atoms with Gasteiger partial charge in [-0.3, -0.25) is 14.3 Å². The monoisotopic (exact) mass is 356 g/mol. The Morgan fingerprint density at radius 2 is 2.27 bits per heavy atom. The van der Waals surface area contributed by atoms with Gasteiger partial charge in [-0.05, 0) is 18.6 Å². The SMILES string of the molecule is CCc1cn2c(n1)COc1cc(N3C[C@H](CNC(C)=O)OC3=O)ccc1-2. The number of cyclic esters (lactones) is 1. The number of imidazole rings is 1. The van der Waals surface area contributed by atoms with Crippen molar-refractivity contribution in [3.63, 3.8) is 0 Å². The topological polar surface area (TPSA) is 85.7 Å². The summed E-state index contributed by atoms with van der Waals surface area (Å²) in [6.45, 7) is 4.58. The third kappa shape index (κ3) is 2.87. The highest BCUT2D eigenvalue weighted by Gasteiger charge is 2.33. The fourth-order valence-corrected chi connectivity index (χ4v) is 3.18. The van der Waals surface area contributed by atoms with E-state index >= 15 is 0 Å². The quantitative estimate of drug-likeness (QED) is 0.903. The third-order valence-corrected chi connectivity index (χ3v) is 4.52. The standard InChI is InChI=1S/C18H20N4O4/c1-3-12-8-22-15-5-4-13(6-16(15)25-10-17(22)20-12)21-9-14(26-18(21)24)7-19-11(2)23/h4-6,8,14H,3,7,9-10H2,1-2H3,(H,19,23)/t14-/m0/s1. The van der Waals surface area contributed by atoms with Crippen LogP contribution in [0, 0.1) is 0 Å². The summed E-state index contributed by atoms with van der Waals surface area (Å²) in [5.74, 6) is 1.43. The first kappa shape index (κ1) is 16.4. The zero-order valence-corrected chi connectivity index (χ0v) is 14.7. The van der Waals surface area contributed by atoms with E-state index in [1.165, 1.54) is 6.92 Å². The molecule has 0 aliphatic carbocycles. The van der Waals surface area contributed by atoms with Crippen LogP contribution in [0.2, 0.25) is 0 Å². The Morgan fingerprint density at radius 3 is 3.04 bits per heavy atom. The van der Waals surface area contributed by atoms with E-state index in [9.17, 15) is 9.59 Å². The largest absolute Gasteiger partial charge is 0.483 e. The van der Waals surface area contributed by atoms with Gasteiger partial charge in [0.05, 0.1) is 30.2 Å². The summed E-state index contributed by atoms with van der Waals surface area (Å²) in [7, 11) is 0. The van der Waals surface area contributed by atoms with E-state index in [-0.39, 0.29) is 12.0 Å². The fourth-order valence-electron chi connectivity index (χ4n) is 3.18. The molecule has 26 heavy (non-hydrogen) atoms. The van der Waals surface area contributed by atoms with Crippen molar-refractivity contribution in [3.8, 4) is 11.4 Å². The van der Waals surface area contributed by atoms with E-state index in [0.29, 0.717) is 31.1 Å². The average molecular weight is 356 g/mol. The zero-order chi connectivity index (χ0) is 18.3. The maximum absolute atomic E-state index is 12.2. The minimum atomic E-state index is -0.423. The molecule has 0 spiro atoms. The number of hydrogen-bond acceptors (Lipinski definition) is 5. The first-order valence-electron chi connectivity index (χ1n) is 8.62. The van der Waals surface area contributed by atoms with E-state index in [0.717, 1.165) is 23.6 Å². The number of nitrogens with one attached hydrogen (secondary N) is 1. The van der Waals surface area contributed by atoms with Crippen molar-refractivity contribution >= 4 is 17.7 Å². The van der Waals surface area contributed by atoms with Crippen LogP contribution in [0.5, 0.6) is 5.75 Å². The summed E-state index contributed by atoms with van der Waals surface area (Å²) in [5.41, 5.74) is 2.63. The number of rotatable bonds is 4. The number of hydrogen-bond donors (Lipinski definition) is 1. The van der Waals surface area contributed by atoms with Gasteiger partial charge in [0.15, 0.2) is 5.82 Å². The maximum Gasteiger partial charge on any atom is 0.414 e. The number of anilines is 1. The number of fused-ring (bicyclic) bond motifs is 3. The maximum atomic E-state index is 12.2. The van der Waals surface area contributed by atoms with Crippen LogP contribution in [-0.4, -0.2) is 40.7 Å². The van der Waals surface area contributed by atoms with Crippen LogP contribution in [0.4, 0.5) is 10.5 Å². The Labute approximate surface area is 150 Å². The van der Waals surface area contributed by atoms with Crippen LogP contribution in [-0.2, 0) is 22.6 Å². The molecule has 0 unspecified atom stereocenters. The molecule has 0 bridgehead atoms. The first-order chi connectivity index (χ1) is 12.5. The van der Waals surface area contributed by atoms with Crippen LogP contribution in [0.25, 0.3) is 5.69 Å². The lowest BCUT2D eigenvalue weighted by atomic mass is 10.2. The molecule has 8 nitrogen and oxygen atoms in total. The van der Waals surface area contributed by atoms with Crippen LogP contribution in [0.15, 0.2) is 24.4 Å². The van der Waals surface area contributed by atoms with Crippen molar-refractivity contribution in [3.05, 3.63) is 35.9 Å². The molecule has 2 aliphatic rings. The summed E-state index contributed by atoms with van der Waals surface area (Å²) in [6, 6.07) is 5.62. The smallest absolute Gasteiger partial charge is 0.414 e. The molecule has 8 heteroatoms. The number of carbonyl (C=O) groups excluding carboxylic acids is 2. The van der Waals surface area contributed by atoms with Gasteiger partial charge in [0.1, 0.15) is 18.5 Å². The Bertz CT molecular complexity index is 876. The highest BCUT2D eigenvalue weighted by atomic mass is 16.6. The Morgan fingerprint density at radius 1 is 1.42 bits per heavy atom. The molecule has 1 aromatic heterocycles. The Kier molecular flexibility index (Phi) is 4.02. The normalized spacial score (nSPS) is 18.0. The predicted molar refractivity (Wildman–Crippen MR) is 93.6 cm³/mol. The average Bonchev–Trinajstić information content (AvgIpc) is 3.22. The number of aromatic nitrogens is 2. The number of ether oxygens (including phenoxy) is 2. The minimum absolute atomic E-state index is 0.149. The van der Waals surface area contributed by atoms with Crippen LogP contribution in [0.3, 0.4) is 0 Å². The summed E-state index contributed by atoms with van der Waals surface area (Å²) >= 11 is 0. The molecule has 2 aromatic rings. The van der Waals surface area contributed by atoms with E-state index in [1.54, 1.807) is 4.90 Å². The van der Waals surface area contributed by atoms with Crippen molar-refractivity contribution in [2.24, 2.45) is 0 Å². The van der Waals surface area contributed by atoms with E-state index in [4.69, 9.17) is 9.47 Å². The number of aryl methyl sites for hydroxylation is 1. The molecule has 2 aliphatic heterocycles. The van der Waals surface area contributed by atoms with E-state index in [1.807, 2.05) is 29.0 Å². The number of benzene rings is 1. The van der Waals surface area contributed by atoms with E-state index in [2.05, 4.69) is 17.2 Å². The summed E-state index contributed by atoms with van der Waals surface area (Å²) in [6.07, 6.45) is 2.09. The number of nitrogens with zero attached hydrogens (tertiary/aromatic N) is 3. The molecule has 1 N–H and O–H groups in total. The lowest BCUT2D eigenvalue weighted by molar-refractivity contribution is -0.119. The molecular weight excluding hydrogens is 336 g/mol. The van der Waals surface area contributed by atoms with Crippen molar-refractivity contribution in [2.75, 3.05) is 18.0 Å². The van der Waals surface area contributed by atoms with Crippen LogP contribution in [0.1, 0.15) is 25.4 Å². The summed E-state index contributed by atoms with van der Waals surface area (Å²) in [4.78, 5) is 29.3. The van der Waals surface area contributed by atoms with Crippen LogP contribution >= 0.6 is 0 Å². The second-order valence-electron chi connectivity index (χ2n) is 6.37.